The summed E-state index contributed by atoms with van der Waals surface area (Å²) in [6.45, 7) is 3.03. The molecule has 0 radical (unpaired) electrons. The van der Waals surface area contributed by atoms with E-state index in [1.54, 1.807) is 12.0 Å². The number of ether oxygens (including phenoxy) is 1. The first-order valence-electron chi connectivity index (χ1n) is 7.23. The standard InChI is InChI=1S/C16H20FNO4/c1-16(22-2)6-3-8-18(9-7-16)14(19)12-5-4-11(15(20)21)10-13(12)17/h4-5,10H,3,6-9H2,1-2H3,(H,20,21). The molecule has 0 aromatic heterocycles. The maximum atomic E-state index is 14.0. The summed E-state index contributed by atoms with van der Waals surface area (Å²) in [4.78, 5) is 24.9. The minimum atomic E-state index is -1.22. The van der Waals surface area contributed by atoms with Crippen molar-refractivity contribution in [2.45, 2.75) is 31.8 Å². The van der Waals surface area contributed by atoms with Crippen molar-refractivity contribution in [2.75, 3.05) is 20.2 Å². The third-order valence-corrected chi connectivity index (χ3v) is 4.27. The normalized spacial score (nSPS) is 22.2. The summed E-state index contributed by atoms with van der Waals surface area (Å²) >= 11 is 0. The lowest BCUT2D eigenvalue weighted by Gasteiger charge is -2.26. The van der Waals surface area contributed by atoms with E-state index >= 15 is 0 Å². The van der Waals surface area contributed by atoms with Crippen LogP contribution in [0.1, 0.15) is 46.9 Å². The van der Waals surface area contributed by atoms with Crippen LogP contribution in [0.5, 0.6) is 0 Å². The molecule has 5 nitrogen and oxygen atoms in total. The molecular weight excluding hydrogens is 289 g/mol. The molecule has 1 unspecified atom stereocenters. The lowest BCUT2D eigenvalue weighted by molar-refractivity contribution is -0.00538. The molecule has 1 atom stereocenters. The summed E-state index contributed by atoms with van der Waals surface area (Å²) in [5.41, 5.74) is -0.524. The molecule has 1 fully saturated rings. The summed E-state index contributed by atoms with van der Waals surface area (Å²) in [6.07, 6.45) is 2.31. The lowest BCUT2D eigenvalue weighted by Crippen LogP contribution is -2.34. The number of hydrogen-bond donors (Lipinski definition) is 1. The van der Waals surface area contributed by atoms with Crippen molar-refractivity contribution in [3.63, 3.8) is 0 Å². The zero-order chi connectivity index (χ0) is 16.3. The fourth-order valence-electron chi connectivity index (χ4n) is 2.65. The highest BCUT2D eigenvalue weighted by Gasteiger charge is 2.30. The Morgan fingerprint density at radius 3 is 2.64 bits per heavy atom. The maximum Gasteiger partial charge on any atom is 0.335 e. The van der Waals surface area contributed by atoms with E-state index in [4.69, 9.17) is 9.84 Å². The number of hydrogen-bond acceptors (Lipinski definition) is 3. The Labute approximate surface area is 128 Å². The van der Waals surface area contributed by atoms with E-state index in [-0.39, 0.29) is 16.7 Å². The average Bonchev–Trinajstić information content (AvgIpc) is 2.69. The molecule has 0 saturated carbocycles. The molecule has 22 heavy (non-hydrogen) atoms. The molecule has 1 aromatic rings. The topological polar surface area (TPSA) is 66.8 Å². The Bertz CT molecular complexity index is 590. The van der Waals surface area contributed by atoms with Crippen LogP contribution in [0.4, 0.5) is 4.39 Å². The second-order valence-electron chi connectivity index (χ2n) is 5.80. The lowest BCUT2D eigenvalue weighted by atomic mass is 9.97. The number of halogens is 1. The van der Waals surface area contributed by atoms with Crippen LogP contribution in [0.2, 0.25) is 0 Å². The van der Waals surface area contributed by atoms with Crippen molar-refractivity contribution in [3.8, 4) is 0 Å². The van der Waals surface area contributed by atoms with E-state index in [0.717, 1.165) is 18.9 Å². The molecular formula is C16H20FNO4. The molecule has 1 aliphatic heterocycles. The first kappa shape index (κ1) is 16.4. The van der Waals surface area contributed by atoms with E-state index in [0.29, 0.717) is 19.5 Å². The Morgan fingerprint density at radius 2 is 2.05 bits per heavy atom. The Hall–Kier alpha value is -1.95. The summed E-state index contributed by atoms with van der Waals surface area (Å²) in [5, 5.41) is 8.83. The number of aromatic carboxylic acids is 1. The molecule has 1 N–H and O–H groups in total. The molecule has 0 spiro atoms. The Kier molecular flexibility index (Phi) is 4.81. The van der Waals surface area contributed by atoms with Gasteiger partial charge in [-0.05, 0) is 44.4 Å². The highest BCUT2D eigenvalue weighted by atomic mass is 19.1. The molecule has 0 bridgehead atoms. The van der Waals surface area contributed by atoms with Gasteiger partial charge in [0.05, 0.1) is 16.7 Å². The van der Waals surface area contributed by atoms with Crippen LogP contribution in [0.25, 0.3) is 0 Å². The molecule has 1 amide bonds. The summed E-state index contributed by atoms with van der Waals surface area (Å²) in [7, 11) is 1.65. The van der Waals surface area contributed by atoms with Gasteiger partial charge in [0.25, 0.3) is 5.91 Å². The number of likely N-dealkylation sites (tertiary alicyclic amines) is 1. The van der Waals surface area contributed by atoms with Gasteiger partial charge >= 0.3 is 5.97 Å². The van der Waals surface area contributed by atoms with E-state index in [1.165, 1.54) is 12.1 Å². The highest BCUT2D eigenvalue weighted by molar-refractivity contribution is 5.96. The second kappa shape index (κ2) is 6.44. The van der Waals surface area contributed by atoms with E-state index < -0.39 is 17.7 Å². The van der Waals surface area contributed by atoms with Gasteiger partial charge in [0.2, 0.25) is 0 Å². The number of amides is 1. The van der Waals surface area contributed by atoms with Crippen molar-refractivity contribution >= 4 is 11.9 Å². The van der Waals surface area contributed by atoms with Gasteiger partial charge in [-0.15, -0.1) is 0 Å². The van der Waals surface area contributed by atoms with Crippen LogP contribution < -0.4 is 0 Å². The number of carboxylic acids is 1. The zero-order valence-electron chi connectivity index (χ0n) is 12.8. The van der Waals surface area contributed by atoms with Gasteiger partial charge in [-0.2, -0.15) is 0 Å². The molecule has 1 aliphatic rings. The van der Waals surface area contributed by atoms with Crippen molar-refractivity contribution in [1.29, 1.82) is 0 Å². The van der Waals surface area contributed by atoms with E-state index in [2.05, 4.69) is 0 Å². The third-order valence-electron chi connectivity index (χ3n) is 4.27. The van der Waals surface area contributed by atoms with Crippen LogP contribution in [0.3, 0.4) is 0 Å². The predicted octanol–water partition coefficient (Wildman–Crippen LogP) is 2.56. The van der Waals surface area contributed by atoms with Gasteiger partial charge in [0.1, 0.15) is 5.82 Å². The van der Waals surface area contributed by atoms with Gasteiger partial charge < -0.3 is 14.7 Å². The SMILES string of the molecule is COC1(C)CCCN(C(=O)c2ccc(C(=O)O)cc2F)CC1. The maximum absolute atomic E-state index is 14.0. The summed E-state index contributed by atoms with van der Waals surface area (Å²) < 4.78 is 19.5. The average molecular weight is 309 g/mol. The second-order valence-corrected chi connectivity index (χ2v) is 5.80. The largest absolute Gasteiger partial charge is 0.478 e. The zero-order valence-corrected chi connectivity index (χ0v) is 12.8. The Balaban J connectivity index is 2.16. The fourth-order valence-corrected chi connectivity index (χ4v) is 2.65. The Morgan fingerprint density at radius 1 is 1.32 bits per heavy atom. The number of nitrogens with zero attached hydrogens (tertiary/aromatic N) is 1. The first-order valence-corrected chi connectivity index (χ1v) is 7.23. The third kappa shape index (κ3) is 3.44. The smallest absolute Gasteiger partial charge is 0.335 e. The number of benzene rings is 1. The number of carboxylic acid groups (broad SMARTS) is 1. The molecule has 0 aliphatic carbocycles. The van der Waals surface area contributed by atoms with Crippen molar-refractivity contribution in [2.24, 2.45) is 0 Å². The van der Waals surface area contributed by atoms with Gasteiger partial charge in [-0.3, -0.25) is 4.79 Å². The number of methoxy groups -OCH3 is 1. The number of carbonyl (C=O) groups excluding carboxylic acids is 1. The van der Waals surface area contributed by atoms with Crippen LogP contribution in [0, 0.1) is 5.82 Å². The van der Waals surface area contributed by atoms with Crippen LogP contribution in [-0.2, 0) is 4.74 Å². The molecule has 1 heterocycles. The van der Waals surface area contributed by atoms with Crippen LogP contribution >= 0.6 is 0 Å². The minimum absolute atomic E-state index is 0.0916. The first-order chi connectivity index (χ1) is 10.4. The van der Waals surface area contributed by atoms with Crippen molar-refractivity contribution in [3.05, 3.63) is 35.1 Å². The predicted molar refractivity (Wildman–Crippen MR) is 78.5 cm³/mol. The monoisotopic (exact) mass is 309 g/mol. The van der Waals surface area contributed by atoms with Crippen LogP contribution in [-0.4, -0.2) is 47.7 Å². The van der Waals surface area contributed by atoms with Gasteiger partial charge in [-0.1, -0.05) is 0 Å². The fraction of sp³-hybridized carbons (Fsp3) is 0.500. The molecule has 120 valence electrons. The van der Waals surface area contributed by atoms with Crippen LogP contribution in [0.15, 0.2) is 18.2 Å². The van der Waals surface area contributed by atoms with E-state index in [9.17, 15) is 14.0 Å². The quantitative estimate of drug-likeness (QED) is 0.932. The molecule has 6 heteroatoms. The summed E-state index contributed by atoms with van der Waals surface area (Å²) in [6, 6.07) is 3.37. The van der Waals surface area contributed by atoms with Gasteiger partial charge in [0.15, 0.2) is 0 Å². The molecule has 1 saturated heterocycles. The van der Waals surface area contributed by atoms with Crippen molar-refractivity contribution < 1.29 is 23.8 Å². The van der Waals surface area contributed by atoms with Gasteiger partial charge in [-0.25, -0.2) is 9.18 Å². The van der Waals surface area contributed by atoms with Gasteiger partial charge in [0, 0.05) is 20.2 Å². The van der Waals surface area contributed by atoms with E-state index in [1.807, 2.05) is 6.92 Å². The number of carbonyl (C=O) groups is 2. The number of rotatable bonds is 3. The minimum Gasteiger partial charge on any atom is -0.478 e. The molecule has 2 rings (SSSR count). The van der Waals surface area contributed by atoms with Crippen molar-refractivity contribution in [1.82, 2.24) is 4.90 Å². The summed E-state index contributed by atoms with van der Waals surface area (Å²) in [5.74, 6) is -2.43. The highest BCUT2D eigenvalue weighted by Crippen LogP contribution is 2.26. The molecule has 1 aromatic carbocycles.